The summed E-state index contributed by atoms with van der Waals surface area (Å²) in [4.78, 5) is 25.3. The van der Waals surface area contributed by atoms with Crippen molar-refractivity contribution in [2.75, 3.05) is 26.2 Å². The molecule has 1 N–H and O–H groups in total. The predicted molar refractivity (Wildman–Crippen MR) is 86.3 cm³/mol. The molecular weight excluding hydrogens is 332 g/mol. The summed E-state index contributed by atoms with van der Waals surface area (Å²) in [7, 11) is 0. The highest BCUT2D eigenvalue weighted by molar-refractivity contribution is 9.10. The number of amides is 1. The van der Waals surface area contributed by atoms with Crippen LogP contribution in [0.4, 0.5) is 0 Å². The summed E-state index contributed by atoms with van der Waals surface area (Å²) in [6.45, 7) is 4.63. The summed E-state index contributed by atoms with van der Waals surface area (Å²) in [6.07, 6.45) is 2.07. The van der Waals surface area contributed by atoms with Crippen LogP contribution < -0.4 is 5.32 Å². The molecule has 0 aliphatic carbocycles. The van der Waals surface area contributed by atoms with Crippen LogP contribution >= 0.6 is 15.9 Å². The third-order valence-corrected chi connectivity index (χ3v) is 4.41. The Hall–Kier alpha value is -1.20. The van der Waals surface area contributed by atoms with Crippen molar-refractivity contribution in [2.45, 2.75) is 19.8 Å². The Kier molecular flexibility index (Phi) is 5.94. The van der Waals surface area contributed by atoms with Crippen LogP contribution in [0, 0.1) is 5.92 Å². The van der Waals surface area contributed by atoms with Crippen molar-refractivity contribution in [3.8, 4) is 0 Å². The zero-order valence-electron chi connectivity index (χ0n) is 12.3. The highest BCUT2D eigenvalue weighted by atomic mass is 79.9. The van der Waals surface area contributed by atoms with Crippen LogP contribution in [0.2, 0.25) is 0 Å². The second kappa shape index (κ2) is 7.71. The number of Topliss-reactive ketones (excluding diaryl/α,β-unsaturated/α-hetero) is 1. The molecule has 0 unspecified atom stereocenters. The van der Waals surface area contributed by atoms with Gasteiger partial charge in [0.05, 0.1) is 6.54 Å². The Morgan fingerprint density at radius 2 is 1.86 bits per heavy atom. The molecule has 1 aromatic carbocycles. The van der Waals surface area contributed by atoms with Crippen molar-refractivity contribution >= 4 is 27.6 Å². The Bertz CT molecular complexity index is 494. The van der Waals surface area contributed by atoms with E-state index in [0.717, 1.165) is 42.5 Å². The number of nitrogens with zero attached hydrogens (tertiary/aromatic N) is 1. The van der Waals surface area contributed by atoms with E-state index >= 15 is 0 Å². The van der Waals surface area contributed by atoms with Crippen LogP contribution in [0.1, 0.15) is 30.1 Å². The van der Waals surface area contributed by atoms with Gasteiger partial charge in [0.2, 0.25) is 5.91 Å². The third-order valence-electron chi connectivity index (χ3n) is 3.88. The maximum atomic E-state index is 12.2. The molecule has 1 aromatic rings. The minimum absolute atomic E-state index is 0.0304. The first kappa shape index (κ1) is 16.2. The SMILES string of the molecule is CC(=O)NCC1CCN(CC(=O)c2ccc(Br)cc2)CC1. The maximum absolute atomic E-state index is 12.2. The zero-order valence-corrected chi connectivity index (χ0v) is 13.9. The van der Waals surface area contributed by atoms with Crippen LogP contribution in [0.5, 0.6) is 0 Å². The average Bonchev–Trinajstić information content (AvgIpc) is 2.47. The van der Waals surface area contributed by atoms with Gasteiger partial charge in [0.1, 0.15) is 0 Å². The van der Waals surface area contributed by atoms with Gasteiger partial charge in [0.25, 0.3) is 0 Å². The first-order valence-corrected chi connectivity index (χ1v) is 8.09. The Labute approximate surface area is 134 Å². The number of halogens is 1. The van der Waals surface area contributed by atoms with Crippen molar-refractivity contribution in [1.29, 1.82) is 0 Å². The van der Waals surface area contributed by atoms with Gasteiger partial charge < -0.3 is 5.32 Å². The lowest BCUT2D eigenvalue weighted by atomic mass is 9.96. The highest BCUT2D eigenvalue weighted by Gasteiger charge is 2.21. The van der Waals surface area contributed by atoms with E-state index < -0.39 is 0 Å². The number of ketones is 1. The third kappa shape index (κ3) is 5.25. The molecule has 0 bridgehead atoms. The number of carbonyl (C=O) groups is 2. The lowest BCUT2D eigenvalue weighted by Gasteiger charge is -2.31. The van der Waals surface area contributed by atoms with E-state index in [9.17, 15) is 9.59 Å². The molecule has 0 radical (unpaired) electrons. The van der Waals surface area contributed by atoms with Crippen molar-refractivity contribution in [1.82, 2.24) is 10.2 Å². The van der Waals surface area contributed by atoms with Gasteiger partial charge in [0.15, 0.2) is 5.78 Å². The fraction of sp³-hybridized carbons (Fsp3) is 0.500. The molecule has 5 heteroatoms. The Balaban J connectivity index is 1.76. The van der Waals surface area contributed by atoms with Gasteiger partial charge in [-0.15, -0.1) is 0 Å². The van der Waals surface area contributed by atoms with Crippen LogP contribution in [0.3, 0.4) is 0 Å². The molecular formula is C16H21BrN2O2. The van der Waals surface area contributed by atoms with Gasteiger partial charge in [-0.1, -0.05) is 28.1 Å². The van der Waals surface area contributed by atoms with Gasteiger partial charge in [-0.25, -0.2) is 0 Å². The Morgan fingerprint density at radius 1 is 1.24 bits per heavy atom. The molecule has 1 fully saturated rings. The molecule has 0 saturated carbocycles. The van der Waals surface area contributed by atoms with E-state index in [-0.39, 0.29) is 11.7 Å². The number of carbonyl (C=O) groups excluding carboxylic acids is 2. The maximum Gasteiger partial charge on any atom is 0.216 e. The number of nitrogens with one attached hydrogen (secondary N) is 1. The van der Waals surface area contributed by atoms with Crippen molar-refractivity contribution in [2.24, 2.45) is 5.92 Å². The monoisotopic (exact) mass is 352 g/mol. The van der Waals surface area contributed by atoms with Crippen molar-refractivity contribution in [3.63, 3.8) is 0 Å². The van der Waals surface area contributed by atoms with Crippen molar-refractivity contribution in [3.05, 3.63) is 34.3 Å². The normalized spacial score (nSPS) is 16.7. The van der Waals surface area contributed by atoms with Crippen LogP contribution in [-0.2, 0) is 4.79 Å². The first-order chi connectivity index (χ1) is 10.0. The molecule has 0 spiro atoms. The van der Waals surface area contributed by atoms with Crippen LogP contribution in [0.25, 0.3) is 0 Å². The lowest BCUT2D eigenvalue weighted by Crippen LogP contribution is -2.40. The summed E-state index contributed by atoms with van der Waals surface area (Å²) in [5, 5.41) is 2.87. The highest BCUT2D eigenvalue weighted by Crippen LogP contribution is 2.17. The molecule has 1 saturated heterocycles. The predicted octanol–water partition coefficient (Wildman–Crippen LogP) is 2.48. The number of hydrogen-bond acceptors (Lipinski definition) is 3. The van der Waals surface area contributed by atoms with Gasteiger partial charge in [-0.3, -0.25) is 14.5 Å². The topological polar surface area (TPSA) is 49.4 Å². The minimum atomic E-state index is 0.0304. The van der Waals surface area contributed by atoms with E-state index in [1.807, 2.05) is 24.3 Å². The van der Waals surface area contributed by atoms with Gasteiger partial charge in [-0.2, -0.15) is 0 Å². The molecule has 1 amide bonds. The molecule has 1 heterocycles. The zero-order chi connectivity index (χ0) is 15.2. The van der Waals surface area contributed by atoms with Gasteiger partial charge >= 0.3 is 0 Å². The van der Waals surface area contributed by atoms with E-state index in [1.165, 1.54) is 0 Å². The fourth-order valence-corrected chi connectivity index (χ4v) is 2.83. The number of hydrogen-bond donors (Lipinski definition) is 1. The largest absolute Gasteiger partial charge is 0.356 e. The standard InChI is InChI=1S/C16H21BrN2O2/c1-12(20)18-10-13-6-8-19(9-7-13)11-16(21)14-2-4-15(17)5-3-14/h2-5,13H,6-11H2,1H3,(H,18,20). The second-order valence-corrected chi connectivity index (χ2v) is 6.50. The van der Waals surface area contributed by atoms with Crippen molar-refractivity contribution < 1.29 is 9.59 Å². The van der Waals surface area contributed by atoms with Crippen LogP contribution in [0.15, 0.2) is 28.7 Å². The van der Waals surface area contributed by atoms with Gasteiger partial charge in [0, 0.05) is 23.5 Å². The van der Waals surface area contributed by atoms with E-state index in [1.54, 1.807) is 6.92 Å². The molecule has 4 nitrogen and oxygen atoms in total. The van der Waals surface area contributed by atoms with E-state index in [2.05, 4.69) is 26.1 Å². The molecule has 114 valence electrons. The molecule has 0 atom stereocenters. The summed E-state index contributed by atoms with van der Waals surface area (Å²) in [6, 6.07) is 7.51. The molecule has 0 aromatic heterocycles. The lowest BCUT2D eigenvalue weighted by molar-refractivity contribution is -0.119. The summed E-state index contributed by atoms with van der Waals surface area (Å²) in [5.41, 5.74) is 0.763. The molecule has 21 heavy (non-hydrogen) atoms. The average molecular weight is 353 g/mol. The summed E-state index contributed by atoms with van der Waals surface area (Å²) < 4.78 is 0.984. The summed E-state index contributed by atoms with van der Waals surface area (Å²) in [5.74, 6) is 0.735. The van der Waals surface area contributed by atoms with E-state index in [4.69, 9.17) is 0 Å². The molecule has 1 aliphatic heterocycles. The first-order valence-electron chi connectivity index (χ1n) is 7.30. The number of benzene rings is 1. The Morgan fingerprint density at radius 3 is 2.43 bits per heavy atom. The van der Waals surface area contributed by atoms with Crippen LogP contribution in [-0.4, -0.2) is 42.8 Å². The number of piperidine rings is 1. The second-order valence-electron chi connectivity index (χ2n) is 5.59. The quantitative estimate of drug-likeness (QED) is 0.828. The summed E-state index contributed by atoms with van der Waals surface area (Å²) >= 11 is 3.37. The fourth-order valence-electron chi connectivity index (χ4n) is 2.57. The smallest absolute Gasteiger partial charge is 0.216 e. The minimum Gasteiger partial charge on any atom is -0.356 e. The van der Waals surface area contributed by atoms with E-state index in [0.29, 0.717) is 12.5 Å². The molecule has 1 aliphatic rings. The number of likely N-dealkylation sites (tertiary alicyclic amines) is 1. The number of rotatable bonds is 5. The molecule has 2 rings (SSSR count). The van der Waals surface area contributed by atoms with Gasteiger partial charge in [-0.05, 0) is 44.0 Å².